The Labute approximate surface area is 455 Å². The van der Waals surface area contributed by atoms with Gasteiger partial charge in [-0.25, -0.2) is 30.0 Å². The third-order valence-corrected chi connectivity index (χ3v) is 17.0. The molecule has 2 saturated heterocycles. The lowest BCUT2D eigenvalue weighted by molar-refractivity contribution is 0.0981. The van der Waals surface area contributed by atoms with Crippen molar-refractivity contribution >= 4 is 141 Å². The number of rotatable bonds is 9. The average molecular weight is 1100 g/mol. The summed E-state index contributed by atoms with van der Waals surface area (Å²) in [6.07, 6.45) is 7.98. The summed E-state index contributed by atoms with van der Waals surface area (Å²) in [5, 5.41) is 23.5. The minimum atomic E-state index is 0.110. The van der Waals surface area contributed by atoms with Gasteiger partial charge in [0.15, 0.2) is 16.8 Å². The van der Waals surface area contributed by atoms with Crippen molar-refractivity contribution in [3.63, 3.8) is 0 Å². The Morgan fingerprint density at radius 2 is 1.12 bits per heavy atom. The number of hydrogen-bond acceptors (Lipinski definition) is 18. The van der Waals surface area contributed by atoms with Crippen LogP contribution in [0.5, 0.6) is 5.75 Å². The molecule has 0 bridgehead atoms. The highest BCUT2D eigenvalue weighted by Gasteiger charge is 2.31. The lowest BCUT2D eigenvalue weighted by atomic mass is 10.0. The van der Waals surface area contributed by atoms with Gasteiger partial charge in [-0.2, -0.15) is 20.2 Å². The molecule has 0 spiro atoms. The summed E-state index contributed by atoms with van der Waals surface area (Å²) < 4.78 is 8.83. The number of halogens is 3. The molecule has 0 amide bonds. The molecule has 10 heterocycles. The Bertz CT molecular complexity index is 3420. The second kappa shape index (κ2) is 22.8. The second-order valence-corrected chi connectivity index (χ2v) is 21.8. The fourth-order valence-electron chi connectivity index (χ4n) is 9.78. The molecule has 0 saturated carbocycles. The van der Waals surface area contributed by atoms with Crippen LogP contribution in [0, 0.1) is 0 Å². The average Bonchev–Trinajstić information content (AvgIpc) is 4.31. The lowest BCUT2D eigenvalue weighted by Gasteiger charge is -2.42. The molecule has 2 atom stereocenters. The van der Waals surface area contributed by atoms with Gasteiger partial charge in [0.05, 0.1) is 55.5 Å². The minimum Gasteiger partial charge on any atom is -0.495 e. The molecule has 21 heteroatoms. The third kappa shape index (κ3) is 11.0. The smallest absolute Gasteiger partial charge is 0.229 e. The normalized spacial score (nSPS) is 18.3. The van der Waals surface area contributed by atoms with Gasteiger partial charge < -0.3 is 19.9 Å². The van der Waals surface area contributed by atoms with E-state index in [1.807, 2.05) is 75.7 Å². The van der Waals surface area contributed by atoms with E-state index in [-0.39, 0.29) is 22.7 Å². The molecule has 4 aliphatic heterocycles. The number of thiophene rings is 3. The molecular weight excluding hydrogens is 1050 g/mol. The number of hydrazone groups is 2. The third-order valence-electron chi connectivity index (χ3n) is 13.5. The van der Waals surface area contributed by atoms with Crippen molar-refractivity contribution in [2.24, 2.45) is 10.2 Å². The number of aromatic nitrogens is 6. The molecule has 4 aliphatic rings. The molecule has 2 unspecified atom stereocenters. The summed E-state index contributed by atoms with van der Waals surface area (Å²) in [5.41, 5.74) is 7.06. The molecule has 6 aromatic heterocycles. The number of methoxy groups -OCH3 is 1. The summed E-state index contributed by atoms with van der Waals surface area (Å²) in [5.74, 6) is 3.02. The number of benzene rings is 3. The first kappa shape index (κ1) is 50.1. The standard InChI is InChI=1S/C32H38N8OS.C15H11ClN4S.C6H2Cl2N2S/c1-37-17-19-38(20-18-37)25-11-15-39(16-12-25)28-9-8-24(22-29(28)41-2)34-32-35-26-13-21-42-30(26)31(36-32)40-27(10-14-33-40)23-6-4-3-5-7-23;16-15-18-11-7-9-21-13(11)14(19-15)20-12(6-8-17-20)10-4-2-1-3-5-10;7-5-4-3(1-2-11-4)9-6(8)10-5/h3-9,13-14,21-22,25,27H,10-12,15-20H2,1-2H3,(H,34,35,36);1-5,7-9,12H,6H2;1-2H. The topological polar surface area (TPSA) is 140 Å². The number of nitrogens with zero attached hydrogens (tertiary/aromatic N) is 13. The fraction of sp³-hybridized carbons (Fsp3) is 0.283. The highest BCUT2D eigenvalue weighted by atomic mass is 35.5. The van der Waals surface area contributed by atoms with Crippen LogP contribution < -0.4 is 25.0 Å². The number of ether oxygens (including phenoxy) is 1. The number of nitrogens with one attached hydrogen (secondary N) is 1. The Morgan fingerprint density at radius 1 is 0.581 bits per heavy atom. The van der Waals surface area contributed by atoms with E-state index in [0.29, 0.717) is 17.1 Å². The van der Waals surface area contributed by atoms with Crippen LogP contribution in [-0.4, -0.2) is 112 Å². The zero-order chi connectivity index (χ0) is 50.5. The van der Waals surface area contributed by atoms with E-state index >= 15 is 0 Å². The van der Waals surface area contributed by atoms with Crippen LogP contribution in [0.4, 0.5) is 29.0 Å². The molecule has 13 rings (SSSR count). The van der Waals surface area contributed by atoms with Crippen LogP contribution in [0.15, 0.2) is 123 Å². The Hall–Kier alpha value is -6.09. The predicted molar refractivity (Wildman–Crippen MR) is 307 cm³/mol. The van der Waals surface area contributed by atoms with Crippen molar-refractivity contribution in [3.05, 3.63) is 140 Å². The first-order chi connectivity index (χ1) is 36.3. The zero-order valence-corrected chi connectivity index (χ0v) is 45.2. The van der Waals surface area contributed by atoms with Crippen LogP contribution in [-0.2, 0) is 0 Å². The largest absolute Gasteiger partial charge is 0.495 e. The van der Waals surface area contributed by atoms with Gasteiger partial charge in [0.2, 0.25) is 16.5 Å². The lowest BCUT2D eigenvalue weighted by Crippen LogP contribution is -2.52. The van der Waals surface area contributed by atoms with Crippen LogP contribution in [0.3, 0.4) is 0 Å². The van der Waals surface area contributed by atoms with E-state index in [1.54, 1.807) is 29.8 Å². The monoisotopic (exact) mass is 1100 g/mol. The van der Waals surface area contributed by atoms with Crippen molar-refractivity contribution in [2.45, 2.75) is 43.8 Å². The van der Waals surface area contributed by atoms with Crippen LogP contribution in [0.1, 0.15) is 48.9 Å². The number of piperidine rings is 1. The second-order valence-electron chi connectivity index (χ2n) is 18.1. The van der Waals surface area contributed by atoms with Gasteiger partial charge in [0, 0.05) is 82.3 Å². The van der Waals surface area contributed by atoms with Crippen molar-refractivity contribution < 1.29 is 4.74 Å². The van der Waals surface area contributed by atoms with E-state index in [0.717, 1.165) is 85.3 Å². The molecule has 1 N–H and O–H groups in total. The first-order valence-corrected chi connectivity index (χ1v) is 28.1. The molecule has 378 valence electrons. The summed E-state index contributed by atoms with van der Waals surface area (Å²) in [7, 11) is 3.97. The van der Waals surface area contributed by atoms with E-state index in [2.05, 4.69) is 112 Å². The molecule has 15 nitrogen and oxygen atoms in total. The van der Waals surface area contributed by atoms with Crippen molar-refractivity contribution in [2.75, 3.05) is 73.7 Å². The summed E-state index contributed by atoms with van der Waals surface area (Å²) in [4.78, 5) is 33.9. The number of likely N-dealkylation sites (N-methyl/N-ethyl adjacent to an activating group) is 1. The molecule has 3 aromatic carbocycles. The van der Waals surface area contributed by atoms with E-state index in [4.69, 9.17) is 54.6 Å². The SMILES string of the molecule is COc1cc(Nc2nc(N3N=CCC3c3ccccc3)c3sccc3n2)ccc1N1CCC(N2CCN(C)CC2)CC1.Clc1nc(Cl)c2sccc2n1.Clc1nc(N2N=CCC2c2ccccc2)c2sccc2n1. The first-order valence-electron chi connectivity index (χ1n) is 24.3. The van der Waals surface area contributed by atoms with Crippen LogP contribution in [0.2, 0.25) is 15.7 Å². The van der Waals surface area contributed by atoms with Crippen molar-refractivity contribution in [1.29, 1.82) is 0 Å². The predicted octanol–water partition coefficient (Wildman–Crippen LogP) is 12.9. The van der Waals surface area contributed by atoms with Gasteiger partial charge in [-0.1, -0.05) is 72.3 Å². The number of piperazine rings is 1. The number of anilines is 5. The van der Waals surface area contributed by atoms with Gasteiger partial charge in [-0.05, 0) is 101 Å². The molecule has 0 radical (unpaired) electrons. The zero-order valence-electron chi connectivity index (χ0n) is 40.5. The molecule has 74 heavy (non-hydrogen) atoms. The molecule has 2 fully saturated rings. The van der Waals surface area contributed by atoms with Crippen molar-refractivity contribution in [3.8, 4) is 5.75 Å². The number of fused-ring (bicyclic) bond motifs is 3. The van der Waals surface area contributed by atoms with E-state index < -0.39 is 0 Å². The Morgan fingerprint density at radius 3 is 1.72 bits per heavy atom. The molecule has 9 aromatic rings. The highest BCUT2D eigenvalue weighted by molar-refractivity contribution is 7.18. The number of hydrogen-bond donors (Lipinski definition) is 1. The Kier molecular flexibility index (Phi) is 15.4. The minimum absolute atomic E-state index is 0.110. The van der Waals surface area contributed by atoms with Gasteiger partial charge >= 0.3 is 0 Å². The maximum atomic E-state index is 6.06. The molecular formula is C53H51Cl3N14OS3. The van der Waals surface area contributed by atoms with Gasteiger partial charge in [0.25, 0.3) is 0 Å². The quantitative estimate of drug-likeness (QED) is 0.108. The maximum Gasteiger partial charge on any atom is 0.229 e. The maximum absolute atomic E-state index is 6.06. The van der Waals surface area contributed by atoms with E-state index in [9.17, 15) is 0 Å². The van der Waals surface area contributed by atoms with Crippen LogP contribution >= 0.6 is 68.8 Å². The molecule has 0 aliphatic carbocycles. The van der Waals surface area contributed by atoms with Crippen molar-refractivity contribution in [1.82, 2.24) is 39.7 Å². The van der Waals surface area contributed by atoms with E-state index in [1.165, 1.54) is 61.5 Å². The Balaban J connectivity index is 0.000000150. The van der Waals surface area contributed by atoms with Crippen LogP contribution in [0.25, 0.3) is 30.6 Å². The summed E-state index contributed by atoms with van der Waals surface area (Å²) in [6.45, 7) is 6.80. The highest BCUT2D eigenvalue weighted by Crippen LogP contribution is 2.41. The van der Waals surface area contributed by atoms with Gasteiger partial charge in [0.1, 0.15) is 5.75 Å². The van der Waals surface area contributed by atoms with Gasteiger partial charge in [-0.3, -0.25) is 4.90 Å². The summed E-state index contributed by atoms with van der Waals surface area (Å²) >= 11 is 22.2. The fourth-order valence-corrected chi connectivity index (χ4v) is 12.8. The summed E-state index contributed by atoms with van der Waals surface area (Å²) in [6, 6.07) is 34.0. The van der Waals surface area contributed by atoms with Gasteiger partial charge in [-0.15, -0.1) is 34.0 Å².